The van der Waals surface area contributed by atoms with Crippen molar-refractivity contribution in [3.63, 3.8) is 0 Å². The number of carbonyl (C=O) groups is 4. The Balaban J connectivity index is 2.84. The zero-order valence-corrected chi connectivity index (χ0v) is 15.3. The first-order chi connectivity index (χ1) is 11.7. The molecule has 1 rings (SSSR count). The molecule has 1 atom stereocenters. The summed E-state index contributed by atoms with van der Waals surface area (Å²) >= 11 is 0. The molecule has 1 heterocycles. The lowest BCUT2D eigenvalue weighted by Gasteiger charge is -2.31. The lowest BCUT2D eigenvalue weighted by molar-refractivity contribution is -0.149. The summed E-state index contributed by atoms with van der Waals surface area (Å²) in [6.07, 6.45) is 5.23. The highest BCUT2D eigenvalue weighted by molar-refractivity contribution is 6.28. The molecule has 0 spiro atoms. The minimum Gasteiger partial charge on any atom is -0.464 e. The molecule has 0 aromatic heterocycles. The minimum absolute atomic E-state index is 0.105. The van der Waals surface area contributed by atoms with E-state index >= 15 is 0 Å². The van der Waals surface area contributed by atoms with E-state index in [0.29, 0.717) is 6.42 Å². The summed E-state index contributed by atoms with van der Waals surface area (Å²) in [5, 5.41) is 0. The molecule has 4 amide bonds. The molecule has 1 aliphatic heterocycles. The zero-order chi connectivity index (χ0) is 19.1. The number of barbiturate groups is 1. The summed E-state index contributed by atoms with van der Waals surface area (Å²) in [5.41, 5.74) is -0.117. The van der Waals surface area contributed by atoms with Crippen LogP contribution in [-0.4, -0.2) is 72.8 Å². The third-order valence-electron chi connectivity index (χ3n) is 3.75. The van der Waals surface area contributed by atoms with Crippen LogP contribution in [0.25, 0.3) is 0 Å². The predicted octanol–water partition coefficient (Wildman–Crippen LogP) is 0.998. The Morgan fingerprint density at radius 2 is 1.88 bits per heavy atom. The van der Waals surface area contributed by atoms with Crippen molar-refractivity contribution in [3.8, 4) is 0 Å². The van der Waals surface area contributed by atoms with Crippen LogP contribution in [0.5, 0.6) is 0 Å². The molecular formula is C17H25N3O5. The molecule has 8 heteroatoms. The number of likely N-dealkylation sites (N-methyl/N-ethyl adjacent to an activating group) is 1. The third-order valence-corrected chi connectivity index (χ3v) is 3.75. The van der Waals surface area contributed by atoms with Crippen molar-refractivity contribution in [2.24, 2.45) is 5.92 Å². The Hall–Kier alpha value is -2.64. The van der Waals surface area contributed by atoms with Gasteiger partial charge in [-0.15, -0.1) is 0 Å². The van der Waals surface area contributed by atoms with Crippen LogP contribution in [0.4, 0.5) is 4.79 Å². The number of esters is 1. The molecule has 1 aliphatic rings. The highest BCUT2D eigenvalue weighted by Gasteiger charge is 2.39. The van der Waals surface area contributed by atoms with Crippen LogP contribution in [0, 0.1) is 5.92 Å². The molecule has 8 nitrogen and oxygen atoms in total. The van der Waals surface area contributed by atoms with E-state index in [1.54, 1.807) is 38.2 Å². The van der Waals surface area contributed by atoms with E-state index in [0.717, 1.165) is 9.80 Å². The summed E-state index contributed by atoms with van der Waals surface area (Å²) in [7, 11) is 4.90. The summed E-state index contributed by atoms with van der Waals surface area (Å²) in [6, 6.07) is -0.733. The van der Waals surface area contributed by atoms with Gasteiger partial charge in [0.05, 0.1) is 12.5 Å². The van der Waals surface area contributed by atoms with Gasteiger partial charge in [0.1, 0.15) is 12.2 Å². The first-order valence-corrected chi connectivity index (χ1v) is 8.06. The van der Waals surface area contributed by atoms with Gasteiger partial charge >= 0.3 is 12.0 Å². The first-order valence-electron chi connectivity index (χ1n) is 8.06. The van der Waals surface area contributed by atoms with Crippen LogP contribution in [-0.2, 0) is 19.1 Å². The summed E-state index contributed by atoms with van der Waals surface area (Å²) in [5.74, 6) is -1.99. The molecule has 138 valence electrons. The number of carbonyl (C=O) groups excluding carboxylic acids is 4. The second-order valence-corrected chi connectivity index (χ2v) is 5.97. The van der Waals surface area contributed by atoms with E-state index in [2.05, 4.69) is 0 Å². The minimum atomic E-state index is -0.733. The summed E-state index contributed by atoms with van der Waals surface area (Å²) in [4.78, 5) is 51.9. The molecule has 0 N–H and O–H groups in total. The van der Waals surface area contributed by atoms with Crippen LogP contribution in [0.2, 0.25) is 0 Å². The number of allylic oxidation sites excluding steroid dienone is 2. The van der Waals surface area contributed by atoms with Gasteiger partial charge in [0.25, 0.3) is 11.8 Å². The van der Waals surface area contributed by atoms with Crippen LogP contribution in [0.1, 0.15) is 20.3 Å². The number of nitrogens with zero attached hydrogens (tertiary/aromatic N) is 3. The molecule has 0 aromatic rings. The molecule has 1 saturated heterocycles. The zero-order valence-electron chi connectivity index (χ0n) is 15.3. The van der Waals surface area contributed by atoms with Gasteiger partial charge in [0, 0.05) is 21.1 Å². The first kappa shape index (κ1) is 20.4. The SMILES string of the molecule is CCC(C)C(=O)OCCN1C(=O)/C(=C/C=C/N(C)C)C(=O)N(C)C1=O. The van der Waals surface area contributed by atoms with Gasteiger partial charge < -0.3 is 9.64 Å². The van der Waals surface area contributed by atoms with E-state index in [1.165, 1.54) is 13.1 Å². The predicted molar refractivity (Wildman–Crippen MR) is 91.2 cm³/mol. The molecular weight excluding hydrogens is 326 g/mol. The quantitative estimate of drug-likeness (QED) is 0.386. The molecule has 0 saturated carbocycles. The summed E-state index contributed by atoms with van der Waals surface area (Å²) < 4.78 is 5.08. The number of rotatable bonds is 7. The second kappa shape index (κ2) is 9.00. The van der Waals surface area contributed by atoms with Gasteiger partial charge in [-0.1, -0.05) is 13.8 Å². The topological polar surface area (TPSA) is 87.2 Å². The van der Waals surface area contributed by atoms with Crippen LogP contribution >= 0.6 is 0 Å². The number of urea groups is 1. The van der Waals surface area contributed by atoms with E-state index < -0.39 is 17.8 Å². The van der Waals surface area contributed by atoms with Gasteiger partial charge in [0.2, 0.25) is 0 Å². The lowest BCUT2D eigenvalue weighted by atomic mass is 10.1. The Morgan fingerprint density at radius 3 is 2.44 bits per heavy atom. The number of imide groups is 2. The van der Waals surface area contributed by atoms with Gasteiger partial charge in [0.15, 0.2) is 0 Å². The van der Waals surface area contributed by atoms with Gasteiger partial charge in [-0.2, -0.15) is 0 Å². The van der Waals surface area contributed by atoms with Crippen molar-refractivity contribution in [3.05, 3.63) is 23.9 Å². The van der Waals surface area contributed by atoms with Crippen molar-refractivity contribution >= 4 is 23.8 Å². The normalized spacial score (nSPS) is 18.3. The summed E-state index contributed by atoms with van der Waals surface area (Å²) in [6.45, 7) is 3.39. The number of ether oxygens (including phenoxy) is 1. The van der Waals surface area contributed by atoms with E-state index in [9.17, 15) is 19.2 Å². The molecule has 0 aromatic carbocycles. The molecule has 0 radical (unpaired) electrons. The largest absolute Gasteiger partial charge is 0.464 e. The second-order valence-electron chi connectivity index (χ2n) is 5.97. The maximum Gasteiger partial charge on any atom is 0.333 e. The fourth-order valence-corrected chi connectivity index (χ4v) is 1.97. The van der Waals surface area contributed by atoms with Crippen molar-refractivity contribution in [1.29, 1.82) is 0 Å². The average molecular weight is 351 g/mol. The Labute approximate surface area is 147 Å². The average Bonchev–Trinajstić information content (AvgIpc) is 2.57. The molecule has 25 heavy (non-hydrogen) atoms. The van der Waals surface area contributed by atoms with Crippen LogP contribution < -0.4 is 0 Å². The fraction of sp³-hybridized carbons (Fsp3) is 0.529. The molecule has 0 aliphatic carbocycles. The van der Waals surface area contributed by atoms with Crippen LogP contribution in [0.3, 0.4) is 0 Å². The van der Waals surface area contributed by atoms with E-state index in [4.69, 9.17) is 4.74 Å². The Morgan fingerprint density at radius 1 is 1.24 bits per heavy atom. The van der Waals surface area contributed by atoms with E-state index in [1.807, 2.05) is 6.92 Å². The van der Waals surface area contributed by atoms with Crippen LogP contribution in [0.15, 0.2) is 23.9 Å². The monoisotopic (exact) mass is 351 g/mol. The lowest BCUT2D eigenvalue weighted by Crippen LogP contribution is -2.55. The molecule has 0 bridgehead atoms. The fourth-order valence-electron chi connectivity index (χ4n) is 1.97. The van der Waals surface area contributed by atoms with Crippen molar-refractivity contribution < 1.29 is 23.9 Å². The third kappa shape index (κ3) is 5.17. The molecule has 1 fully saturated rings. The maximum atomic E-state index is 12.4. The Kier molecular flexibility index (Phi) is 7.35. The van der Waals surface area contributed by atoms with Gasteiger partial charge in [-0.3, -0.25) is 24.2 Å². The maximum absolute atomic E-state index is 12.4. The number of hydrogen-bond acceptors (Lipinski definition) is 6. The number of hydrogen-bond donors (Lipinski definition) is 0. The van der Waals surface area contributed by atoms with Gasteiger partial charge in [-0.25, -0.2) is 4.79 Å². The van der Waals surface area contributed by atoms with Crippen molar-refractivity contribution in [2.45, 2.75) is 20.3 Å². The standard InChI is InChI=1S/C17H25N3O5/c1-6-12(2)16(23)25-11-10-20-15(22)13(8-7-9-18(3)4)14(21)19(5)17(20)24/h7-9,12H,6,10-11H2,1-5H3/b9-7+,13-8+. The van der Waals surface area contributed by atoms with Crippen molar-refractivity contribution in [1.82, 2.24) is 14.7 Å². The van der Waals surface area contributed by atoms with Crippen molar-refractivity contribution in [2.75, 3.05) is 34.3 Å². The van der Waals surface area contributed by atoms with Gasteiger partial charge in [-0.05, 0) is 24.8 Å². The smallest absolute Gasteiger partial charge is 0.333 e. The molecule has 1 unspecified atom stereocenters. The number of amides is 4. The highest BCUT2D eigenvalue weighted by atomic mass is 16.5. The highest BCUT2D eigenvalue weighted by Crippen LogP contribution is 2.16. The Bertz CT molecular complexity index is 609. The van der Waals surface area contributed by atoms with E-state index in [-0.39, 0.29) is 30.6 Å².